The van der Waals surface area contributed by atoms with E-state index >= 15 is 0 Å². The molecule has 0 aliphatic carbocycles. The Morgan fingerprint density at radius 2 is 2.11 bits per heavy atom. The van der Waals surface area contributed by atoms with Crippen LogP contribution in [0.25, 0.3) is 21.8 Å². The normalized spacial score (nSPS) is 11.3. The average Bonchev–Trinajstić information content (AvgIpc) is 2.41. The topological polar surface area (TPSA) is 47.8 Å². The van der Waals surface area contributed by atoms with Gasteiger partial charge in [-0.1, -0.05) is 12.1 Å². The molecule has 0 N–H and O–H groups in total. The highest BCUT2D eigenvalue weighted by Gasteiger charge is 2.08. The number of benzene rings is 1. The number of hydrogen-bond donors (Lipinski definition) is 0. The van der Waals surface area contributed by atoms with Crippen LogP contribution in [0.1, 0.15) is 5.56 Å². The van der Waals surface area contributed by atoms with Crippen molar-refractivity contribution in [1.29, 1.82) is 0 Å². The summed E-state index contributed by atoms with van der Waals surface area (Å²) >= 11 is 5.67. The first-order valence-corrected chi connectivity index (χ1v) is 6.54. The van der Waals surface area contributed by atoms with Crippen molar-refractivity contribution < 1.29 is 0 Å². The zero-order valence-electron chi connectivity index (χ0n) is 10.4. The van der Waals surface area contributed by atoms with E-state index in [-0.39, 0.29) is 5.56 Å². The molecule has 0 aliphatic rings. The minimum Gasteiger partial charge on any atom is -0.297 e. The molecule has 0 unspecified atom stereocenters. The van der Waals surface area contributed by atoms with Crippen LogP contribution in [-0.4, -0.2) is 20.4 Å². The average molecular weight is 274 g/mol. The maximum absolute atomic E-state index is 12.3. The van der Waals surface area contributed by atoms with Crippen LogP contribution in [0.2, 0.25) is 0 Å². The molecule has 96 valence electrons. The number of halogens is 1. The highest BCUT2D eigenvalue weighted by molar-refractivity contribution is 6.17. The third-order valence-electron chi connectivity index (χ3n) is 3.14. The Bertz CT molecular complexity index is 826. The number of rotatable bonds is 2. The smallest absolute Gasteiger partial charge is 0.262 e. The lowest BCUT2D eigenvalue weighted by atomic mass is 10.1. The number of alkyl halides is 1. The molecule has 0 radical (unpaired) electrons. The van der Waals surface area contributed by atoms with Crippen LogP contribution < -0.4 is 5.56 Å². The van der Waals surface area contributed by atoms with Crippen molar-refractivity contribution in [3.63, 3.8) is 0 Å². The van der Waals surface area contributed by atoms with Crippen molar-refractivity contribution in [3.05, 3.63) is 46.6 Å². The SMILES string of the molecule is Cc1ccc2c(c1)ncc1c(=O)n(CCCl)cnc12. The van der Waals surface area contributed by atoms with Crippen LogP contribution >= 0.6 is 11.6 Å². The molecule has 3 rings (SSSR count). The van der Waals surface area contributed by atoms with Gasteiger partial charge in [-0.25, -0.2) is 4.98 Å². The van der Waals surface area contributed by atoms with Crippen molar-refractivity contribution in [3.8, 4) is 0 Å². The minimum absolute atomic E-state index is 0.0966. The molecular formula is C14H12ClN3O. The Balaban J connectivity index is 2.38. The molecule has 19 heavy (non-hydrogen) atoms. The van der Waals surface area contributed by atoms with Gasteiger partial charge in [0.1, 0.15) is 0 Å². The Morgan fingerprint density at radius 3 is 2.89 bits per heavy atom. The van der Waals surface area contributed by atoms with E-state index in [0.717, 1.165) is 16.5 Å². The van der Waals surface area contributed by atoms with Crippen LogP contribution in [0, 0.1) is 6.92 Å². The van der Waals surface area contributed by atoms with Gasteiger partial charge in [-0.2, -0.15) is 0 Å². The van der Waals surface area contributed by atoms with E-state index in [1.165, 1.54) is 4.57 Å². The van der Waals surface area contributed by atoms with Gasteiger partial charge in [-0.05, 0) is 18.6 Å². The fraction of sp³-hybridized carbons (Fsp3) is 0.214. The highest BCUT2D eigenvalue weighted by atomic mass is 35.5. The third-order valence-corrected chi connectivity index (χ3v) is 3.31. The number of fused-ring (bicyclic) bond motifs is 3. The molecule has 0 fully saturated rings. The van der Waals surface area contributed by atoms with E-state index in [1.807, 2.05) is 25.1 Å². The Hall–Kier alpha value is -1.94. The van der Waals surface area contributed by atoms with Crippen molar-refractivity contribution in [2.75, 3.05) is 5.88 Å². The quantitative estimate of drug-likeness (QED) is 0.532. The van der Waals surface area contributed by atoms with Gasteiger partial charge in [-0.3, -0.25) is 14.3 Å². The summed E-state index contributed by atoms with van der Waals surface area (Å²) in [6.45, 7) is 2.46. The van der Waals surface area contributed by atoms with Gasteiger partial charge >= 0.3 is 0 Å². The largest absolute Gasteiger partial charge is 0.297 e. The molecule has 3 aromatic rings. The zero-order chi connectivity index (χ0) is 13.4. The molecule has 5 heteroatoms. The molecule has 0 bridgehead atoms. The summed E-state index contributed by atoms with van der Waals surface area (Å²) in [6.07, 6.45) is 3.14. The zero-order valence-corrected chi connectivity index (χ0v) is 11.2. The van der Waals surface area contributed by atoms with Gasteiger partial charge in [0.2, 0.25) is 0 Å². The van der Waals surface area contributed by atoms with Gasteiger partial charge in [0.25, 0.3) is 5.56 Å². The summed E-state index contributed by atoms with van der Waals surface area (Å²) in [4.78, 5) is 21.0. The lowest BCUT2D eigenvalue weighted by Gasteiger charge is -2.06. The molecule has 4 nitrogen and oxygen atoms in total. The molecule has 1 aromatic carbocycles. The van der Waals surface area contributed by atoms with Crippen molar-refractivity contribution in [1.82, 2.24) is 14.5 Å². The number of pyridine rings is 1. The lowest BCUT2D eigenvalue weighted by Crippen LogP contribution is -2.21. The monoisotopic (exact) mass is 273 g/mol. The summed E-state index contributed by atoms with van der Waals surface area (Å²) in [5, 5.41) is 1.43. The second-order valence-corrected chi connectivity index (χ2v) is 4.85. The van der Waals surface area contributed by atoms with E-state index in [4.69, 9.17) is 11.6 Å². The number of aryl methyl sites for hydroxylation is 2. The van der Waals surface area contributed by atoms with Gasteiger partial charge in [0.15, 0.2) is 0 Å². The van der Waals surface area contributed by atoms with Crippen LogP contribution in [0.4, 0.5) is 0 Å². The molecule has 2 aromatic heterocycles. The first-order chi connectivity index (χ1) is 9.20. The summed E-state index contributed by atoms with van der Waals surface area (Å²) in [6, 6.07) is 5.94. The minimum atomic E-state index is -0.0966. The Kier molecular flexibility index (Phi) is 2.95. The fourth-order valence-electron chi connectivity index (χ4n) is 2.17. The third kappa shape index (κ3) is 1.98. The van der Waals surface area contributed by atoms with Crippen LogP contribution in [0.3, 0.4) is 0 Å². The van der Waals surface area contributed by atoms with Crippen LogP contribution in [0.15, 0.2) is 35.5 Å². The molecule has 0 spiro atoms. The standard InChI is InChI=1S/C14H12ClN3O/c1-9-2-3-10-12(6-9)16-7-11-13(10)17-8-18(5-4-15)14(11)19/h2-3,6-8H,4-5H2,1H3. The Morgan fingerprint density at radius 1 is 1.26 bits per heavy atom. The van der Waals surface area contributed by atoms with Gasteiger partial charge < -0.3 is 0 Å². The molecule has 0 saturated carbocycles. The number of hydrogen-bond acceptors (Lipinski definition) is 3. The van der Waals surface area contributed by atoms with Crippen LogP contribution in [0.5, 0.6) is 0 Å². The lowest BCUT2D eigenvalue weighted by molar-refractivity contribution is 0.722. The Labute approximate surface area is 114 Å². The number of aromatic nitrogens is 3. The van der Waals surface area contributed by atoms with E-state index in [0.29, 0.717) is 23.3 Å². The first-order valence-electron chi connectivity index (χ1n) is 6.01. The molecule has 0 amide bonds. The fourth-order valence-corrected chi connectivity index (χ4v) is 2.35. The van der Waals surface area contributed by atoms with Crippen molar-refractivity contribution in [2.24, 2.45) is 0 Å². The van der Waals surface area contributed by atoms with E-state index in [2.05, 4.69) is 9.97 Å². The molecule has 0 saturated heterocycles. The van der Waals surface area contributed by atoms with Gasteiger partial charge in [0.05, 0.1) is 22.7 Å². The predicted molar refractivity (Wildman–Crippen MR) is 76.8 cm³/mol. The molecule has 2 heterocycles. The molecule has 0 aliphatic heterocycles. The van der Waals surface area contributed by atoms with E-state index < -0.39 is 0 Å². The predicted octanol–water partition coefficient (Wildman–Crippen LogP) is 2.49. The van der Waals surface area contributed by atoms with Gasteiger partial charge in [-0.15, -0.1) is 11.6 Å². The summed E-state index contributed by atoms with van der Waals surface area (Å²) in [5.41, 5.74) is 2.59. The van der Waals surface area contributed by atoms with Gasteiger partial charge in [0, 0.05) is 24.0 Å². The molecular weight excluding hydrogens is 262 g/mol. The van der Waals surface area contributed by atoms with E-state index in [9.17, 15) is 4.79 Å². The summed E-state index contributed by atoms with van der Waals surface area (Å²) < 4.78 is 1.51. The highest BCUT2D eigenvalue weighted by Crippen LogP contribution is 2.20. The second kappa shape index (κ2) is 4.63. The van der Waals surface area contributed by atoms with Crippen LogP contribution in [-0.2, 0) is 6.54 Å². The summed E-state index contributed by atoms with van der Waals surface area (Å²) in [7, 11) is 0. The number of nitrogens with zero attached hydrogens (tertiary/aromatic N) is 3. The molecule has 0 atom stereocenters. The maximum atomic E-state index is 12.3. The second-order valence-electron chi connectivity index (χ2n) is 4.47. The van der Waals surface area contributed by atoms with Crippen molar-refractivity contribution in [2.45, 2.75) is 13.5 Å². The van der Waals surface area contributed by atoms with Crippen molar-refractivity contribution >= 4 is 33.4 Å². The first kappa shape index (κ1) is 12.1. The summed E-state index contributed by atoms with van der Waals surface area (Å²) in [5.74, 6) is 0.382. The van der Waals surface area contributed by atoms with E-state index in [1.54, 1.807) is 12.5 Å². The maximum Gasteiger partial charge on any atom is 0.262 e.